The first-order valence-corrected chi connectivity index (χ1v) is 11.0. The van der Waals surface area contributed by atoms with E-state index in [4.69, 9.17) is 9.97 Å². The summed E-state index contributed by atoms with van der Waals surface area (Å²) < 4.78 is 0. The predicted molar refractivity (Wildman–Crippen MR) is 125 cm³/mol. The van der Waals surface area contributed by atoms with Gasteiger partial charge in [0, 0.05) is 38.0 Å². The van der Waals surface area contributed by atoms with Crippen molar-refractivity contribution in [2.75, 3.05) is 32.0 Å². The van der Waals surface area contributed by atoms with E-state index in [-0.39, 0.29) is 0 Å². The van der Waals surface area contributed by atoms with Gasteiger partial charge in [-0.05, 0) is 36.6 Å². The number of fused-ring (bicyclic) bond motifs is 3. The van der Waals surface area contributed by atoms with E-state index in [1.807, 2.05) is 6.07 Å². The summed E-state index contributed by atoms with van der Waals surface area (Å²) in [6.07, 6.45) is 1.64. The van der Waals surface area contributed by atoms with Gasteiger partial charge in [-0.3, -0.25) is 0 Å². The van der Waals surface area contributed by atoms with Gasteiger partial charge in [-0.25, -0.2) is 9.97 Å². The fourth-order valence-corrected chi connectivity index (χ4v) is 4.33. The molecule has 3 aromatic rings. The highest BCUT2D eigenvalue weighted by Crippen LogP contribution is 2.40. The monoisotopic (exact) mass is 400 g/mol. The van der Waals surface area contributed by atoms with Crippen molar-refractivity contribution in [3.63, 3.8) is 0 Å². The highest BCUT2D eigenvalue weighted by atomic mass is 15.1. The Balaban J connectivity index is 1.61. The van der Waals surface area contributed by atoms with Crippen LogP contribution in [0.25, 0.3) is 11.1 Å². The number of likely N-dealkylation sites (N-methyl/N-ethyl adjacent to an activating group) is 1. The summed E-state index contributed by atoms with van der Waals surface area (Å²) in [5.41, 5.74) is 7.51. The number of aryl methyl sites for hydroxylation is 1. The van der Waals surface area contributed by atoms with Crippen LogP contribution in [0, 0.1) is 12.8 Å². The molecule has 1 aliphatic carbocycles. The fraction of sp³-hybridized carbons (Fsp3) is 0.385. The molecule has 4 heteroatoms. The number of hydrogen-bond donors (Lipinski definition) is 1. The summed E-state index contributed by atoms with van der Waals surface area (Å²) in [6, 6.07) is 17.2. The SMILES string of the molecule is Cc1ccc2c(c1)Cc1nc(Cc3ccccc3)nc(NCCN(C)CC(C)C)c1-2. The van der Waals surface area contributed by atoms with Gasteiger partial charge in [0.25, 0.3) is 0 Å². The normalized spacial score (nSPS) is 12.3. The van der Waals surface area contributed by atoms with E-state index >= 15 is 0 Å². The molecule has 1 aromatic heterocycles. The average molecular weight is 401 g/mol. The first-order chi connectivity index (χ1) is 14.5. The van der Waals surface area contributed by atoms with Crippen LogP contribution in [0.3, 0.4) is 0 Å². The van der Waals surface area contributed by atoms with Crippen LogP contribution in [0.1, 0.15) is 42.1 Å². The standard InChI is InChI=1S/C26H32N4/c1-18(2)17-30(4)13-12-27-26-25-22-11-10-19(3)14-21(22)16-23(25)28-24(29-26)15-20-8-6-5-7-9-20/h5-11,14,18H,12-13,15-17H2,1-4H3,(H,27,28,29). The van der Waals surface area contributed by atoms with Crippen LogP contribution in [0.2, 0.25) is 0 Å². The fourth-order valence-electron chi connectivity index (χ4n) is 4.33. The molecule has 0 spiro atoms. The van der Waals surface area contributed by atoms with E-state index in [1.54, 1.807) is 0 Å². The summed E-state index contributed by atoms with van der Waals surface area (Å²) in [6.45, 7) is 9.64. The summed E-state index contributed by atoms with van der Waals surface area (Å²) in [5.74, 6) is 2.54. The van der Waals surface area contributed by atoms with Crippen molar-refractivity contribution in [1.29, 1.82) is 0 Å². The van der Waals surface area contributed by atoms with Crippen LogP contribution in [-0.2, 0) is 12.8 Å². The Morgan fingerprint density at radius 1 is 1.07 bits per heavy atom. The zero-order valence-corrected chi connectivity index (χ0v) is 18.6. The van der Waals surface area contributed by atoms with Gasteiger partial charge in [0.2, 0.25) is 0 Å². The van der Waals surface area contributed by atoms with E-state index in [9.17, 15) is 0 Å². The molecule has 0 amide bonds. The number of benzene rings is 2. The molecule has 0 radical (unpaired) electrons. The molecule has 0 saturated heterocycles. The topological polar surface area (TPSA) is 41.1 Å². The molecule has 1 N–H and O–H groups in total. The Bertz CT molecular complexity index is 1010. The van der Waals surface area contributed by atoms with E-state index in [0.29, 0.717) is 5.92 Å². The van der Waals surface area contributed by atoms with E-state index in [1.165, 1.54) is 27.8 Å². The van der Waals surface area contributed by atoms with Crippen molar-refractivity contribution >= 4 is 5.82 Å². The Hall–Kier alpha value is -2.72. The lowest BCUT2D eigenvalue weighted by Gasteiger charge is -2.20. The van der Waals surface area contributed by atoms with Crippen molar-refractivity contribution in [2.45, 2.75) is 33.6 Å². The third-order valence-electron chi connectivity index (χ3n) is 5.59. The van der Waals surface area contributed by atoms with Gasteiger partial charge < -0.3 is 10.2 Å². The van der Waals surface area contributed by atoms with Crippen molar-refractivity contribution in [1.82, 2.24) is 14.9 Å². The molecule has 4 nitrogen and oxygen atoms in total. The second kappa shape index (κ2) is 8.97. The highest BCUT2D eigenvalue weighted by molar-refractivity contribution is 5.84. The lowest BCUT2D eigenvalue weighted by atomic mass is 10.0. The van der Waals surface area contributed by atoms with Crippen LogP contribution < -0.4 is 5.32 Å². The minimum atomic E-state index is 0.672. The molecule has 2 aromatic carbocycles. The van der Waals surface area contributed by atoms with Crippen molar-refractivity contribution in [2.24, 2.45) is 5.92 Å². The molecule has 0 aliphatic heterocycles. The number of hydrogen-bond acceptors (Lipinski definition) is 4. The molecular formula is C26H32N4. The quantitative estimate of drug-likeness (QED) is 0.454. The number of rotatable bonds is 8. The maximum absolute atomic E-state index is 4.98. The summed E-state index contributed by atoms with van der Waals surface area (Å²) in [7, 11) is 2.19. The zero-order valence-electron chi connectivity index (χ0n) is 18.6. The van der Waals surface area contributed by atoms with Crippen LogP contribution >= 0.6 is 0 Å². The minimum absolute atomic E-state index is 0.672. The number of aromatic nitrogens is 2. The summed E-state index contributed by atoms with van der Waals surface area (Å²) >= 11 is 0. The Kier molecular flexibility index (Phi) is 6.14. The van der Waals surface area contributed by atoms with E-state index in [0.717, 1.165) is 49.8 Å². The van der Waals surface area contributed by atoms with E-state index in [2.05, 4.69) is 80.5 Å². The lowest BCUT2D eigenvalue weighted by molar-refractivity contribution is 0.306. The summed E-state index contributed by atoms with van der Waals surface area (Å²) in [4.78, 5) is 12.3. The molecule has 0 fully saturated rings. The zero-order chi connectivity index (χ0) is 21.1. The number of nitrogens with zero attached hydrogens (tertiary/aromatic N) is 3. The summed E-state index contributed by atoms with van der Waals surface area (Å²) in [5, 5.41) is 3.64. The van der Waals surface area contributed by atoms with Crippen LogP contribution in [0.4, 0.5) is 5.82 Å². The van der Waals surface area contributed by atoms with Gasteiger partial charge in [0.15, 0.2) is 0 Å². The van der Waals surface area contributed by atoms with Gasteiger partial charge in [0.05, 0.1) is 5.69 Å². The first kappa shape index (κ1) is 20.5. The first-order valence-electron chi connectivity index (χ1n) is 11.0. The van der Waals surface area contributed by atoms with Crippen LogP contribution in [-0.4, -0.2) is 41.5 Å². The largest absolute Gasteiger partial charge is 0.368 e. The highest BCUT2D eigenvalue weighted by Gasteiger charge is 2.25. The smallest absolute Gasteiger partial charge is 0.137 e. The Morgan fingerprint density at radius 3 is 2.63 bits per heavy atom. The Labute approximate surface area is 180 Å². The molecule has 30 heavy (non-hydrogen) atoms. The average Bonchev–Trinajstić information content (AvgIpc) is 3.05. The van der Waals surface area contributed by atoms with Crippen molar-refractivity contribution < 1.29 is 0 Å². The minimum Gasteiger partial charge on any atom is -0.368 e. The predicted octanol–water partition coefficient (Wildman–Crippen LogP) is 4.95. The second-order valence-corrected chi connectivity index (χ2v) is 8.89. The van der Waals surface area contributed by atoms with Crippen molar-refractivity contribution in [3.8, 4) is 11.1 Å². The lowest BCUT2D eigenvalue weighted by Crippen LogP contribution is -2.29. The molecule has 4 rings (SSSR count). The van der Waals surface area contributed by atoms with Gasteiger partial charge in [-0.2, -0.15) is 0 Å². The van der Waals surface area contributed by atoms with Crippen LogP contribution in [0.15, 0.2) is 48.5 Å². The molecule has 0 saturated carbocycles. The molecule has 0 unspecified atom stereocenters. The van der Waals surface area contributed by atoms with Crippen LogP contribution in [0.5, 0.6) is 0 Å². The number of anilines is 1. The maximum atomic E-state index is 4.98. The number of nitrogens with one attached hydrogen (secondary N) is 1. The maximum Gasteiger partial charge on any atom is 0.137 e. The molecule has 0 bridgehead atoms. The Morgan fingerprint density at radius 2 is 1.87 bits per heavy atom. The second-order valence-electron chi connectivity index (χ2n) is 8.89. The molecule has 0 atom stereocenters. The molecule has 156 valence electrons. The molecule has 1 aliphatic rings. The van der Waals surface area contributed by atoms with Gasteiger partial charge in [-0.15, -0.1) is 0 Å². The van der Waals surface area contributed by atoms with Gasteiger partial charge in [0.1, 0.15) is 11.6 Å². The van der Waals surface area contributed by atoms with E-state index < -0.39 is 0 Å². The molecular weight excluding hydrogens is 368 g/mol. The third kappa shape index (κ3) is 4.71. The molecule has 1 heterocycles. The van der Waals surface area contributed by atoms with Crippen molar-refractivity contribution in [3.05, 3.63) is 76.7 Å². The van der Waals surface area contributed by atoms with Gasteiger partial charge >= 0.3 is 0 Å². The van der Waals surface area contributed by atoms with Gasteiger partial charge in [-0.1, -0.05) is 67.9 Å². The third-order valence-corrected chi connectivity index (χ3v) is 5.59.